The highest BCUT2D eigenvalue weighted by atomic mass is 32.1. The van der Waals surface area contributed by atoms with Gasteiger partial charge in [0.15, 0.2) is 5.06 Å². The second-order valence-corrected chi connectivity index (χ2v) is 4.41. The van der Waals surface area contributed by atoms with Crippen molar-refractivity contribution in [1.82, 2.24) is 0 Å². The Kier molecular flexibility index (Phi) is 3.81. The number of hydrogen-bond donors (Lipinski definition) is 1. The van der Waals surface area contributed by atoms with Gasteiger partial charge in [-0.05, 0) is 42.1 Å². The van der Waals surface area contributed by atoms with Gasteiger partial charge in [0.2, 0.25) is 0 Å². The minimum absolute atomic E-state index is 0.130. The van der Waals surface area contributed by atoms with E-state index in [1.807, 2.05) is 42.6 Å². The first kappa shape index (κ1) is 11.7. The Morgan fingerprint density at radius 3 is 2.94 bits per heavy atom. The summed E-state index contributed by atoms with van der Waals surface area (Å²) in [5, 5.41) is 11.5. The highest BCUT2D eigenvalue weighted by Gasteiger charge is 2.00. The van der Waals surface area contributed by atoms with Gasteiger partial charge in [-0.3, -0.25) is 0 Å². The van der Waals surface area contributed by atoms with E-state index in [1.54, 1.807) is 11.3 Å². The molecule has 1 N–H and O–H groups in total. The molecule has 2 aromatic rings. The van der Waals surface area contributed by atoms with Crippen LogP contribution in [-0.4, -0.2) is 11.7 Å². The molecule has 0 aliphatic rings. The standard InChI is InChI=1S/C14H12O2S/c1-11-8-14(17-10-11)16-13-6-2-4-12(9-13)5-3-7-15/h2,4,6,8-10,15H,7H2,1H3. The molecule has 0 amide bonds. The van der Waals surface area contributed by atoms with Crippen LogP contribution >= 0.6 is 11.3 Å². The third kappa shape index (κ3) is 3.35. The minimum Gasteiger partial charge on any atom is -0.447 e. The Morgan fingerprint density at radius 2 is 2.24 bits per heavy atom. The van der Waals surface area contributed by atoms with E-state index >= 15 is 0 Å². The second kappa shape index (κ2) is 5.53. The number of rotatable bonds is 2. The molecule has 0 saturated heterocycles. The van der Waals surface area contributed by atoms with E-state index in [2.05, 4.69) is 11.8 Å². The van der Waals surface area contributed by atoms with Gasteiger partial charge >= 0.3 is 0 Å². The van der Waals surface area contributed by atoms with Gasteiger partial charge in [-0.2, -0.15) is 0 Å². The quantitative estimate of drug-likeness (QED) is 0.822. The van der Waals surface area contributed by atoms with Gasteiger partial charge in [0.1, 0.15) is 12.4 Å². The number of aliphatic hydroxyl groups excluding tert-OH is 1. The molecule has 2 rings (SSSR count). The van der Waals surface area contributed by atoms with E-state index in [9.17, 15) is 0 Å². The molecule has 0 fully saturated rings. The summed E-state index contributed by atoms with van der Waals surface area (Å²) in [6.45, 7) is 1.90. The van der Waals surface area contributed by atoms with Crippen LogP contribution in [0.1, 0.15) is 11.1 Å². The van der Waals surface area contributed by atoms with Crippen molar-refractivity contribution in [2.45, 2.75) is 6.92 Å². The molecule has 3 heteroatoms. The van der Waals surface area contributed by atoms with E-state index in [0.717, 1.165) is 16.4 Å². The van der Waals surface area contributed by atoms with Crippen LogP contribution in [0.2, 0.25) is 0 Å². The molecule has 0 saturated carbocycles. The summed E-state index contributed by atoms with van der Waals surface area (Å²) in [7, 11) is 0. The smallest absolute Gasteiger partial charge is 0.181 e. The van der Waals surface area contributed by atoms with Gasteiger partial charge in [0, 0.05) is 5.56 Å². The van der Waals surface area contributed by atoms with Crippen LogP contribution in [0.4, 0.5) is 0 Å². The molecule has 0 atom stereocenters. The lowest BCUT2D eigenvalue weighted by Gasteiger charge is -2.02. The van der Waals surface area contributed by atoms with Crippen molar-refractivity contribution < 1.29 is 9.84 Å². The normalized spacial score (nSPS) is 9.53. The zero-order valence-electron chi connectivity index (χ0n) is 9.43. The zero-order valence-corrected chi connectivity index (χ0v) is 10.3. The van der Waals surface area contributed by atoms with Gasteiger partial charge in [0.25, 0.3) is 0 Å². The summed E-state index contributed by atoms with van der Waals surface area (Å²) in [6, 6.07) is 9.51. The average molecular weight is 244 g/mol. The lowest BCUT2D eigenvalue weighted by atomic mass is 10.2. The summed E-state index contributed by atoms with van der Waals surface area (Å²) in [5.41, 5.74) is 2.03. The molecule has 0 aliphatic carbocycles. The fraction of sp³-hybridized carbons (Fsp3) is 0.143. The van der Waals surface area contributed by atoms with Crippen LogP contribution in [0.25, 0.3) is 0 Å². The molecule has 86 valence electrons. The number of aliphatic hydroxyl groups is 1. The van der Waals surface area contributed by atoms with E-state index in [0.29, 0.717) is 0 Å². The second-order valence-electron chi connectivity index (χ2n) is 3.53. The Bertz CT molecular complexity index is 561. The highest BCUT2D eigenvalue weighted by molar-refractivity contribution is 7.12. The first-order chi connectivity index (χ1) is 8.28. The molecular formula is C14H12O2S. The van der Waals surface area contributed by atoms with Crippen molar-refractivity contribution in [3.8, 4) is 22.7 Å². The maximum absolute atomic E-state index is 8.63. The van der Waals surface area contributed by atoms with Gasteiger partial charge in [-0.1, -0.05) is 17.9 Å². The molecule has 2 nitrogen and oxygen atoms in total. The van der Waals surface area contributed by atoms with Crippen LogP contribution in [0.3, 0.4) is 0 Å². The van der Waals surface area contributed by atoms with Gasteiger partial charge < -0.3 is 9.84 Å². The molecule has 1 aromatic heterocycles. The Balaban J connectivity index is 2.16. The van der Waals surface area contributed by atoms with Crippen molar-refractivity contribution in [2.75, 3.05) is 6.61 Å². The molecule has 0 unspecified atom stereocenters. The zero-order chi connectivity index (χ0) is 12.1. The van der Waals surface area contributed by atoms with Crippen LogP contribution in [-0.2, 0) is 0 Å². The molecule has 1 aromatic carbocycles. The maximum atomic E-state index is 8.63. The number of thiophene rings is 1. The van der Waals surface area contributed by atoms with Crippen molar-refractivity contribution in [2.24, 2.45) is 0 Å². The average Bonchev–Trinajstić information content (AvgIpc) is 2.73. The Labute approximate surface area is 104 Å². The first-order valence-electron chi connectivity index (χ1n) is 5.21. The maximum Gasteiger partial charge on any atom is 0.181 e. The van der Waals surface area contributed by atoms with Gasteiger partial charge in [0.05, 0.1) is 0 Å². The van der Waals surface area contributed by atoms with E-state index in [1.165, 1.54) is 5.56 Å². The van der Waals surface area contributed by atoms with Crippen molar-refractivity contribution in [3.05, 3.63) is 46.8 Å². The van der Waals surface area contributed by atoms with Gasteiger partial charge in [-0.25, -0.2) is 0 Å². The van der Waals surface area contributed by atoms with Crippen LogP contribution in [0.15, 0.2) is 35.7 Å². The summed E-state index contributed by atoms with van der Waals surface area (Å²) in [5.74, 6) is 6.22. The largest absolute Gasteiger partial charge is 0.447 e. The number of hydrogen-bond acceptors (Lipinski definition) is 3. The third-order valence-corrected chi connectivity index (χ3v) is 2.99. The van der Waals surface area contributed by atoms with Crippen LogP contribution < -0.4 is 4.74 Å². The van der Waals surface area contributed by atoms with E-state index in [-0.39, 0.29) is 6.61 Å². The summed E-state index contributed by atoms with van der Waals surface area (Å²) < 4.78 is 5.71. The minimum atomic E-state index is -0.130. The monoisotopic (exact) mass is 244 g/mol. The lowest BCUT2D eigenvalue weighted by molar-refractivity contribution is 0.350. The van der Waals surface area contributed by atoms with Crippen LogP contribution in [0, 0.1) is 18.8 Å². The molecule has 17 heavy (non-hydrogen) atoms. The summed E-state index contributed by atoms with van der Waals surface area (Å²) in [4.78, 5) is 0. The fourth-order valence-corrected chi connectivity index (χ4v) is 2.12. The fourth-order valence-electron chi connectivity index (χ4n) is 1.35. The molecule has 0 spiro atoms. The molecule has 0 bridgehead atoms. The van der Waals surface area contributed by atoms with E-state index < -0.39 is 0 Å². The first-order valence-corrected chi connectivity index (χ1v) is 6.08. The SMILES string of the molecule is Cc1csc(Oc2cccc(C#CCO)c2)c1. The lowest BCUT2D eigenvalue weighted by Crippen LogP contribution is -1.82. The number of benzene rings is 1. The summed E-state index contributed by atoms with van der Waals surface area (Å²) >= 11 is 1.57. The summed E-state index contributed by atoms with van der Waals surface area (Å²) in [6.07, 6.45) is 0. The highest BCUT2D eigenvalue weighted by Crippen LogP contribution is 2.28. The van der Waals surface area contributed by atoms with E-state index in [4.69, 9.17) is 9.84 Å². The van der Waals surface area contributed by atoms with Crippen LogP contribution in [0.5, 0.6) is 10.8 Å². The molecular weight excluding hydrogens is 232 g/mol. The topological polar surface area (TPSA) is 29.5 Å². The Morgan fingerprint density at radius 1 is 1.35 bits per heavy atom. The van der Waals surface area contributed by atoms with Crippen molar-refractivity contribution >= 4 is 11.3 Å². The van der Waals surface area contributed by atoms with Crippen molar-refractivity contribution in [3.63, 3.8) is 0 Å². The Hall–Kier alpha value is -1.76. The molecule has 0 radical (unpaired) electrons. The third-order valence-electron chi connectivity index (χ3n) is 2.07. The van der Waals surface area contributed by atoms with Gasteiger partial charge in [-0.15, -0.1) is 11.3 Å². The number of aryl methyl sites for hydroxylation is 1. The predicted molar refractivity (Wildman–Crippen MR) is 69.5 cm³/mol. The molecule has 1 heterocycles. The molecule has 0 aliphatic heterocycles. The number of ether oxygens (including phenoxy) is 1. The predicted octanol–water partition coefficient (Wildman–Crippen LogP) is 3.19. The van der Waals surface area contributed by atoms with Crippen molar-refractivity contribution in [1.29, 1.82) is 0 Å².